The van der Waals surface area contributed by atoms with Crippen molar-refractivity contribution in [2.75, 3.05) is 20.1 Å². The number of unbranched alkanes of at least 4 members (excludes halogenated alkanes) is 4. The highest BCUT2D eigenvalue weighted by Gasteiger charge is 2.57. The standard InChI is InChI=1S/C36H54NO4S/c1-5-7-12-24-37(4,25-13-8-6-2)42(38,39)41-35-21-20-34-33-18-16-29-26-30(40-27-28-14-10-9-11-15-28)17-19-31(29)32(33)22-23-36(34,35)3/h9-11,14-15,17,19,26,32-35H,5-8,12-13,16,18,20-25,27H2,1-4H3/q+1/t32?,33?,34?,35-,36-/m0/s1. The predicted molar refractivity (Wildman–Crippen MR) is 171 cm³/mol. The van der Waals surface area contributed by atoms with Gasteiger partial charge in [0.1, 0.15) is 12.4 Å². The van der Waals surface area contributed by atoms with Crippen LogP contribution in [0.5, 0.6) is 5.75 Å². The van der Waals surface area contributed by atoms with Gasteiger partial charge in [0.15, 0.2) is 0 Å². The second-order valence-corrected chi connectivity index (χ2v) is 15.8. The molecular weight excluding hydrogens is 542 g/mol. The average Bonchev–Trinajstić information content (AvgIpc) is 3.31. The molecule has 3 unspecified atom stereocenters. The van der Waals surface area contributed by atoms with Gasteiger partial charge in [-0.2, -0.15) is 3.89 Å². The topological polar surface area (TPSA) is 52.6 Å². The third-order valence-corrected chi connectivity index (χ3v) is 13.0. The first-order valence-corrected chi connectivity index (χ1v) is 18.1. The summed E-state index contributed by atoms with van der Waals surface area (Å²) in [5, 5.41) is 0. The van der Waals surface area contributed by atoms with Gasteiger partial charge in [0.2, 0.25) is 0 Å². The first-order valence-electron chi connectivity index (χ1n) is 16.8. The summed E-state index contributed by atoms with van der Waals surface area (Å²) >= 11 is 0. The van der Waals surface area contributed by atoms with Crippen molar-refractivity contribution in [2.45, 2.75) is 116 Å². The number of ether oxygens (including phenoxy) is 1. The molecule has 5 atom stereocenters. The lowest BCUT2D eigenvalue weighted by molar-refractivity contribution is -0.791. The first kappa shape index (κ1) is 31.5. The molecular formula is C36H54NO4S+. The minimum absolute atomic E-state index is 0.0261. The van der Waals surface area contributed by atoms with E-state index in [2.05, 4.69) is 63.2 Å². The molecule has 0 bridgehead atoms. The molecule has 2 saturated carbocycles. The van der Waals surface area contributed by atoms with Crippen molar-refractivity contribution < 1.29 is 21.2 Å². The van der Waals surface area contributed by atoms with Crippen molar-refractivity contribution >= 4 is 10.3 Å². The van der Waals surface area contributed by atoms with Gasteiger partial charge in [0.25, 0.3) is 0 Å². The van der Waals surface area contributed by atoms with E-state index in [1.54, 1.807) is 0 Å². The molecule has 3 aliphatic rings. The van der Waals surface area contributed by atoms with E-state index in [9.17, 15) is 8.42 Å². The molecule has 5 nitrogen and oxygen atoms in total. The van der Waals surface area contributed by atoms with E-state index in [-0.39, 0.29) is 15.4 Å². The Morgan fingerprint density at radius 2 is 1.62 bits per heavy atom. The van der Waals surface area contributed by atoms with E-state index in [4.69, 9.17) is 8.92 Å². The summed E-state index contributed by atoms with van der Waals surface area (Å²) in [6, 6.07) is 17.1. The number of rotatable bonds is 14. The van der Waals surface area contributed by atoms with Crippen molar-refractivity contribution in [3.8, 4) is 5.75 Å². The molecule has 3 aliphatic carbocycles. The van der Waals surface area contributed by atoms with Crippen molar-refractivity contribution in [3.63, 3.8) is 0 Å². The summed E-state index contributed by atoms with van der Waals surface area (Å²) in [6.07, 6.45) is 12.2. The Hall–Kier alpha value is -1.89. The van der Waals surface area contributed by atoms with Crippen LogP contribution in [-0.2, 0) is 27.5 Å². The Morgan fingerprint density at radius 3 is 2.31 bits per heavy atom. The fourth-order valence-corrected chi connectivity index (χ4v) is 10.0. The van der Waals surface area contributed by atoms with Crippen molar-refractivity contribution in [3.05, 3.63) is 65.2 Å². The third-order valence-electron chi connectivity index (χ3n) is 11.1. The van der Waals surface area contributed by atoms with Gasteiger partial charge >= 0.3 is 10.3 Å². The average molecular weight is 597 g/mol. The maximum atomic E-state index is 14.0. The fourth-order valence-electron chi connectivity index (χ4n) is 8.48. The monoisotopic (exact) mass is 596 g/mol. The summed E-state index contributed by atoms with van der Waals surface area (Å²) < 4.78 is 40.5. The fraction of sp³-hybridized carbons (Fsp3) is 0.667. The Balaban J connectivity index is 1.27. The number of hydrogen-bond donors (Lipinski definition) is 0. The highest BCUT2D eigenvalue weighted by molar-refractivity contribution is 7.81. The zero-order valence-electron chi connectivity index (χ0n) is 26.5. The Kier molecular flexibility index (Phi) is 10.1. The lowest BCUT2D eigenvalue weighted by Gasteiger charge is -2.50. The summed E-state index contributed by atoms with van der Waals surface area (Å²) in [5.41, 5.74) is 4.03. The second-order valence-electron chi connectivity index (χ2n) is 13.8. The number of nitrogens with zero attached hydrogens (tertiary/aromatic N) is 1. The number of quaternary nitrogens is 1. The molecule has 0 amide bonds. The summed E-state index contributed by atoms with van der Waals surface area (Å²) in [6.45, 7) is 8.56. The molecule has 0 aromatic heterocycles. The van der Waals surface area contributed by atoms with E-state index >= 15 is 0 Å². The van der Waals surface area contributed by atoms with Crippen LogP contribution < -0.4 is 4.74 Å². The summed E-state index contributed by atoms with van der Waals surface area (Å²) in [7, 11) is -1.83. The third kappa shape index (κ3) is 6.46. The SMILES string of the molecule is CCCCC[N+](C)(CCCCC)S(=O)(=O)O[C@H]1CCC2C3CCc4cc(OCc5ccccc5)ccc4C3CC[C@@]21C. The lowest BCUT2D eigenvalue weighted by atomic mass is 9.55. The molecule has 0 N–H and O–H groups in total. The quantitative estimate of drug-likeness (QED) is 0.162. The Bertz CT molecular complexity index is 1270. The molecule has 2 fully saturated rings. The molecule has 0 radical (unpaired) electrons. The molecule has 0 spiro atoms. The number of benzene rings is 2. The van der Waals surface area contributed by atoms with E-state index in [0.717, 1.165) is 76.4 Å². The zero-order valence-corrected chi connectivity index (χ0v) is 27.3. The van der Waals surface area contributed by atoms with Crippen LogP contribution in [0.1, 0.15) is 114 Å². The van der Waals surface area contributed by atoms with Gasteiger partial charge in [-0.05, 0) is 116 Å². The largest absolute Gasteiger partial charge is 0.489 e. The zero-order chi connectivity index (χ0) is 29.8. The molecule has 6 heteroatoms. The van der Waals surface area contributed by atoms with Crippen LogP contribution in [-0.4, -0.2) is 38.5 Å². The molecule has 42 heavy (non-hydrogen) atoms. The predicted octanol–water partition coefficient (Wildman–Crippen LogP) is 8.58. The van der Waals surface area contributed by atoms with Crippen molar-refractivity contribution in [1.82, 2.24) is 0 Å². The summed E-state index contributed by atoms with van der Waals surface area (Å²) in [5.74, 6) is 2.61. The first-order chi connectivity index (χ1) is 20.2. The van der Waals surface area contributed by atoms with Gasteiger partial charge in [-0.15, -0.1) is 8.42 Å². The highest BCUT2D eigenvalue weighted by Crippen LogP contribution is 2.62. The van der Waals surface area contributed by atoms with Crippen LogP contribution in [0.15, 0.2) is 48.5 Å². The van der Waals surface area contributed by atoms with Gasteiger partial charge < -0.3 is 4.74 Å². The molecule has 5 rings (SSSR count). The van der Waals surface area contributed by atoms with E-state index in [1.165, 1.54) is 23.1 Å². The second kappa shape index (κ2) is 13.4. The highest BCUT2D eigenvalue weighted by atomic mass is 32.2. The normalized spacial score (nSPS) is 27.2. The van der Waals surface area contributed by atoms with E-state index in [1.807, 2.05) is 13.1 Å². The van der Waals surface area contributed by atoms with Crippen LogP contribution in [0.3, 0.4) is 0 Å². The smallest absolute Gasteiger partial charge is 0.435 e. The van der Waals surface area contributed by atoms with Crippen LogP contribution in [0, 0.1) is 17.3 Å². The van der Waals surface area contributed by atoms with E-state index < -0.39 is 10.3 Å². The van der Waals surface area contributed by atoms with Gasteiger partial charge in [-0.1, -0.05) is 70.0 Å². The van der Waals surface area contributed by atoms with Gasteiger partial charge in [-0.3, -0.25) is 0 Å². The summed E-state index contributed by atoms with van der Waals surface area (Å²) in [4.78, 5) is 0. The van der Waals surface area contributed by atoms with Crippen LogP contribution in [0.2, 0.25) is 0 Å². The van der Waals surface area contributed by atoms with Crippen LogP contribution >= 0.6 is 0 Å². The van der Waals surface area contributed by atoms with Crippen LogP contribution in [0.25, 0.3) is 0 Å². The molecule has 0 heterocycles. The number of aryl methyl sites for hydroxylation is 1. The maximum absolute atomic E-state index is 14.0. The number of hydrogen-bond acceptors (Lipinski definition) is 4. The Morgan fingerprint density at radius 1 is 0.905 bits per heavy atom. The Labute approximate surface area is 255 Å². The molecule has 232 valence electrons. The molecule has 2 aromatic rings. The van der Waals surface area contributed by atoms with Crippen molar-refractivity contribution in [2.24, 2.45) is 17.3 Å². The van der Waals surface area contributed by atoms with Crippen LogP contribution in [0.4, 0.5) is 0 Å². The molecule has 2 aromatic carbocycles. The van der Waals surface area contributed by atoms with Gasteiger partial charge in [0.05, 0.1) is 26.2 Å². The van der Waals surface area contributed by atoms with Gasteiger partial charge in [0, 0.05) is 0 Å². The minimum Gasteiger partial charge on any atom is -0.489 e. The lowest BCUT2D eigenvalue weighted by Crippen LogP contribution is -2.54. The van der Waals surface area contributed by atoms with Gasteiger partial charge in [-0.25, -0.2) is 4.18 Å². The minimum atomic E-state index is -3.74. The van der Waals surface area contributed by atoms with E-state index in [0.29, 0.717) is 37.5 Å². The maximum Gasteiger partial charge on any atom is 0.435 e. The number of fused-ring (bicyclic) bond motifs is 5. The van der Waals surface area contributed by atoms with Crippen molar-refractivity contribution in [1.29, 1.82) is 0 Å². The molecule has 0 aliphatic heterocycles. The molecule has 0 saturated heterocycles.